The molecule has 36 heavy (non-hydrogen) atoms. The highest BCUT2D eigenvalue weighted by Gasteiger charge is 2.23. The van der Waals surface area contributed by atoms with Gasteiger partial charge >= 0.3 is 0 Å². The van der Waals surface area contributed by atoms with Gasteiger partial charge in [-0.1, -0.05) is 48.2 Å². The fourth-order valence-corrected chi connectivity index (χ4v) is 4.60. The molecule has 2 amide bonds. The van der Waals surface area contributed by atoms with Gasteiger partial charge in [-0.15, -0.1) is 10.2 Å². The summed E-state index contributed by atoms with van der Waals surface area (Å²) in [5.74, 6) is 0.658. The largest absolute Gasteiger partial charge is 0.497 e. The molecular formula is C26H27N5O4S. The number of aliphatic hydroxyl groups excluding tert-OH is 1. The molecule has 4 rings (SSSR count). The lowest BCUT2D eigenvalue weighted by atomic mass is 10.1. The Hall–Kier alpha value is -3.89. The molecule has 4 aromatic rings. The van der Waals surface area contributed by atoms with Crippen LogP contribution < -0.4 is 15.4 Å². The Morgan fingerprint density at radius 1 is 1.06 bits per heavy atom. The monoisotopic (exact) mass is 505 g/mol. The Bertz CT molecular complexity index is 1350. The van der Waals surface area contributed by atoms with Gasteiger partial charge in [0.2, 0.25) is 5.91 Å². The summed E-state index contributed by atoms with van der Waals surface area (Å²) < 4.78 is 6.90. The number of amides is 2. The minimum absolute atomic E-state index is 0.128. The fraction of sp³-hybridized carbons (Fsp3) is 0.231. The fourth-order valence-electron chi connectivity index (χ4n) is 3.79. The summed E-state index contributed by atoms with van der Waals surface area (Å²) in [4.78, 5) is 25.4. The second-order valence-corrected chi connectivity index (χ2v) is 8.83. The number of hydrogen-bond acceptors (Lipinski definition) is 7. The van der Waals surface area contributed by atoms with Crippen LogP contribution in [0.25, 0.3) is 10.8 Å². The van der Waals surface area contributed by atoms with Gasteiger partial charge in [-0.05, 0) is 42.6 Å². The number of aromatic nitrogens is 3. The van der Waals surface area contributed by atoms with E-state index in [1.54, 1.807) is 35.9 Å². The summed E-state index contributed by atoms with van der Waals surface area (Å²) in [6, 6.07) is 19.5. The van der Waals surface area contributed by atoms with Crippen LogP contribution in [0, 0.1) is 0 Å². The standard InChI is InChI=1S/C26H27N5O4S/c1-3-31-24(22(15-32)28-25(34)18-11-13-19(35-2)14-12-18)29-30-26(31)36-16-23(33)27-21-10-6-8-17-7-4-5-9-20(17)21/h4-14,22,32H,3,15-16H2,1-2H3,(H,27,33)(H,28,34). The van der Waals surface area contributed by atoms with Crippen molar-refractivity contribution in [1.29, 1.82) is 0 Å². The lowest BCUT2D eigenvalue weighted by Gasteiger charge is -2.17. The van der Waals surface area contributed by atoms with Crippen LogP contribution in [0.4, 0.5) is 5.69 Å². The smallest absolute Gasteiger partial charge is 0.251 e. The van der Waals surface area contributed by atoms with Crippen molar-refractivity contribution in [3.8, 4) is 5.75 Å². The lowest BCUT2D eigenvalue weighted by Crippen LogP contribution is -2.32. The molecular weight excluding hydrogens is 478 g/mol. The number of hydrogen-bond donors (Lipinski definition) is 3. The first kappa shape index (κ1) is 25.2. The van der Waals surface area contributed by atoms with E-state index in [4.69, 9.17) is 4.74 Å². The number of fused-ring (bicyclic) bond motifs is 1. The number of carbonyl (C=O) groups excluding carboxylic acids is 2. The van der Waals surface area contributed by atoms with Gasteiger partial charge in [-0.3, -0.25) is 9.59 Å². The molecule has 0 fully saturated rings. The first-order valence-electron chi connectivity index (χ1n) is 11.4. The van der Waals surface area contributed by atoms with Crippen LogP contribution in [0.5, 0.6) is 5.75 Å². The number of anilines is 1. The third kappa shape index (κ3) is 5.67. The number of nitrogens with one attached hydrogen (secondary N) is 2. The van der Waals surface area contributed by atoms with Crippen LogP contribution >= 0.6 is 11.8 Å². The number of thioether (sulfide) groups is 1. The zero-order valence-corrected chi connectivity index (χ0v) is 20.8. The lowest BCUT2D eigenvalue weighted by molar-refractivity contribution is -0.113. The van der Waals surface area contributed by atoms with Crippen LogP contribution in [0.15, 0.2) is 71.9 Å². The number of carbonyl (C=O) groups is 2. The third-order valence-electron chi connectivity index (χ3n) is 5.61. The van der Waals surface area contributed by atoms with Crippen molar-refractivity contribution in [2.24, 2.45) is 0 Å². The summed E-state index contributed by atoms with van der Waals surface area (Å²) in [7, 11) is 1.55. The van der Waals surface area contributed by atoms with Crippen LogP contribution in [0.3, 0.4) is 0 Å². The highest BCUT2D eigenvalue weighted by Crippen LogP contribution is 2.25. The normalized spacial score (nSPS) is 11.8. The Balaban J connectivity index is 1.42. The Morgan fingerprint density at radius 3 is 2.53 bits per heavy atom. The first-order valence-corrected chi connectivity index (χ1v) is 12.4. The maximum atomic E-state index is 12.7. The van der Waals surface area contributed by atoms with E-state index in [1.165, 1.54) is 11.8 Å². The Morgan fingerprint density at radius 2 is 1.81 bits per heavy atom. The molecule has 3 N–H and O–H groups in total. The highest BCUT2D eigenvalue weighted by molar-refractivity contribution is 7.99. The number of nitrogens with zero attached hydrogens (tertiary/aromatic N) is 3. The zero-order valence-electron chi connectivity index (χ0n) is 20.0. The summed E-state index contributed by atoms with van der Waals surface area (Å²) in [5.41, 5.74) is 1.18. The van der Waals surface area contributed by atoms with E-state index >= 15 is 0 Å². The van der Waals surface area contributed by atoms with Gasteiger partial charge in [0.15, 0.2) is 11.0 Å². The maximum Gasteiger partial charge on any atom is 0.251 e. The van der Waals surface area contributed by atoms with Gasteiger partial charge in [0, 0.05) is 23.2 Å². The average molecular weight is 506 g/mol. The first-order chi connectivity index (χ1) is 17.5. The predicted molar refractivity (Wildman–Crippen MR) is 139 cm³/mol. The Kier molecular flexibility index (Phi) is 8.19. The number of aliphatic hydroxyl groups is 1. The topological polar surface area (TPSA) is 118 Å². The molecule has 0 aliphatic carbocycles. The van der Waals surface area contributed by atoms with Gasteiger partial charge in [-0.25, -0.2) is 0 Å². The molecule has 0 saturated heterocycles. The van der Waals surface area contributed by atoms with Crippen molar-refractivity contribution in [2.75, 3.05) is 24.8 Å². The van der Waals surface area contributed by atoms with Crippen molar-refractivity contribution >= 4 is 40.0 Å². The van der Waals surface area contributed by atoms with Gasteiger partial charge < -0.3 is 25.0 Å². The number of benzene rings is 3. The Labute approximate surface area is 212 Å². The van der Waals surface area contributed by atoms with Crippen molar-refractivity contribution in [3.63, 3.8) is 0 Å². The molecule has 0 aliphatic rings. The number of methoxy groups -OCH3 is 1. The summed E-state index contributed by atoms with van der Waals surface area (Å²) in [6.07, 6.45) is 0. The molecule has 186 valence electrons. The van der Waals surface area contributed by atoms with Gasteiger partial charge in [-0.2, -0.15) is 0 Å². The molecule has 3 aromatic carbocycles. The van der Waals surface area contributed by atoms with Crippen LogP contribution in [0.2, 0.25) is 0 Å². The quantitative estimate of drug-likeness (QED) is 0.282. The summed E-state index contributed by atoms with van der Waals surface area (Å²) >= 11 is 1.24. The molecule has 0 spiro atoms. The second kappa shape index (κ2) is 11.7. The molecule has 1 unspecified atom stereocenters. The van der Waals surface area contributed by atoms with E-state index in [1.807, 2.05) is 49.4 Å². The van der Waals surface area contributed by atoms with Crippen LogP contribution in [0.1, 0.15) is 29.1 Å². The number of ether oxygens (including phenoxy) is 1. The van der Waals surface area contributed by atoms with E-state index in [0.717, 1.165) is 16.5 Å². The van der Waals surface area contributed by atoms with Gasteiger partial charge in [0.05, 0.1) is 19.5 Å². The van der Waals surface area contributed by atoms with E-state index in [2.05, 4.69) is 20.8 Å². The van der Waals surface area contributed by atoms with E-state index < -0.39 is 6.04 Å². The molecule has 9 nitrogen and oxygen atoms in total. The molecule has 1 heterocycles. The highest BCUT2D eigenvalue weighted by atomic mass is 32.2. The maximum absolute atomic E-state index is 12.7. The minimum atomic E-state index is -0.758. The minimum Gasteiger partial charge on any atom is -0.497 e. The average Bonchev–Trinajstić information content (AvgIpc) is 3.33. The van der Waals surface area contributed by atoms with E-state index in [-0.39, 0.29) is 24.2 Å². The summed E-state index contributed by atoms with van der Waals surface area (Å²) in [6.45, 7) is 2.06. The van der Waals surface area contributed by atoms with Crippen molar-refractivity contribution in [1.82, 2.24) is 20.1 Å². The van der Waals surface area contributed by atoms with Crippen LogP contribution in [-0.2, 0) is 11.3 Å². The molecule has 0 bridgehead atoms. The van der Waals surface area contributed by atoms with E-state index in [9.17, 15) is 14.7 Å². The van der Waals surface area contributed by atoms with Gasteiger partial charge in [0.25, 0.3) is 5.91 Å². The third-order valence-corrected chi connectivity index (χ3v) is 6.58. The van der Waals surface area contributed by atoms with Crippen molar-refractivity contribution < 1.29 is 19.4 Å². The molecule has 1 atom stereocenters. The molecule has 0 radical (unpaired) electrons. The molecule has 10 heteroatoms. The van der Waals surface area contributed by atoms with Crippen molar-refractivity contribution in [3.05, 3.63) is 78.1 Å². The van der Waals surface area contributed by atoms with Crippen LogP contribution in [-0.4, -0.2) is 51.2 Å². The second-order valence-electron chi connectivity index (χ2n) is 7.89. The van der Waals surface area contributed by atoms with E-state index in [0.29, 0.717) is 28.8 Å². The predicted octanol–water partition coefficient (Wildman–Crippen LogP) is 3.65. The number of rotatable bonds is 10. The molecule has 1 aromatic heterocycles. The zero-order chi connectivity index (χ0) is 25.5. The van der Waals surface area contributed by atoms with Gasteiger partial charge in [0.1, 0.15) is 11.8 Å². The summed E-state index contributed by atoms with van der Waals surface area (Å²) in [5, 5.41) is 26.7. The van der Waals surface area contributed by atoms with Crippen molar-refractivity contribution in [2.45, 2.75) is 24.7 Å². The molecule has 0 saturated carbocycles. The molecule has 0 aliphatic heterocycles. The SMILES string of the molecule is CCn1c(SCC(=O)Nc2cccc3ccccc23)nnc1C(CO)NC(=O)c1ccc(OC)cc1.